The number of hydrogen-bond acceptors (Lipinski definition) is 3. The summed E-state index contributed by atoms with van der Waals surface area (Å²) in [5, 5.41) is 2.88. The quantitative estimate of drug-likeness (QED) is 0.817. The monoisotopic (exact) mass is 366 g/mol. The Morgan fingerprint density at radius 2 is 1.80 bits per heavy atom. The fourth-order valence-electron chi connectivity index (χ4n) is 2.59. The number of benzene rings is 2. The molecule has 0 spiro atoms. The molecule has 2 aromatic carbocycles. The number of ether oxygens (including phenoxy) is 1. The molecule has 4 nitrogen and oxygen atoms in total. The van der Waals surface area contributed by atoms with Gasteiger partial charge in [-0.2, -0.15) is 0 Å². The van der Waals surface area contributed by atoms with Crippen LogP contribution in [0.25, 0.3) is 0 Å². The van der Waals surface area contributed by atoms with Gasteiger partial charge in [-0.25, -0.2) is 4.39 Å². The Morgan fingerprint density at radius 3 is 2.40 bits per heavy atom. The maximum Gasteiger partial charge on any atom is 0.225 e. The van der Waals surface area contributed by atoms with Gasteiger partial charge in [0.15, 0.2) is 0 Å². The molecule has 2 aromatic rings. The molecule has 3 atom stereocenters. The summed E-state index contributed by atoms with van der Waals surface area (Å²) in [6, 6.07) is 12.9. The van der Waals surface area contributed by atoms with E-state index in [-0.39, 0.29) is 24.1 Å². The smallest absolute Gasteiger partial charge is 0.225 e. The van der Waals surface area contributed by atoms with E-state index < -0.39 is 18.0 Å². The third-order valence-corrected chi connectivity index (χ3v) is 4.15. The van der Waals surface area contributed by atoms with Crippen molar-refractivity contribution in [3.05, 3.63) is 65.5 Å². The van der Waals surface area contributed by atoms with Crippen molar-refractivity contribution in [2.24, 2.45) is 11.7 Å². The van der Waals surface area contributed by atoms with Crippen LogP contribution in [-0.4, -0.2) is 13.0 Å². The third-order valence-electron chi connectivity index (χ3n) is 4.15. The number of nitrogens with one attached hydrogen (secondary N) is 1. The van der Waals surface area contributed by atoms with Crippen molar-refractivity contribution in [3.8, 4) is 5.75 Å². The molecule has 6 heteroatoms. The van der Waals surface area contributed by atoms with Crippen molar-refractivity contribution in [1.29, 1.82) is 0 Å². The second-order valence-corrected chi connectivity index (χ2v) is 5.84. The SMILES string of the molecule is COc1ccc(F)cc1C(C)NC(=O)C(C)C(N)c1ccccc1.Cl. The number of carbonyl (C=O) groups is 1. The van der Waals surface area contributed by atoms with Gasteiger partial charge in [-0.3, -0.25) is 4.79 Å². The molecule has 0 aliphatic rings. The molecule has 0 aliphatic carbocycles. The molecule has 3 unspecified atom stereocenters. The highest BCUT2D eigenvalue weighted by atomic mass is 35.5. The molecule has 0 fully saturated rings. The third kappa shape index (κ3) is 5.18. The number of carbonyl (C=O) groups excluding carboxylic acids is 1. The Bertz CT molecular complexity index is 697. The molecule has 136 valence electrons. The maximum absolute atomic E-state index is 13.5. The highest BCUT2D eigenvalue weighted by Crippen LogP contribution is 2.27. The number of halogens is 2. The van der Waals surface area contributed by atoms with E-state index in [4.69, 9.17) is 10.5 Å². The molecule has 0 aromatic heterocycles. The topological polar surface area (TPSA) is 64.3 Å². The molecule has 0 aliphatic heterocycles. The van der Waals surface area contributed by atoms with Gasteiger partial charge in [0.1, 0.15) is 11.6 Å². The average molecular weight is 367 g/mol. The van der Waals surface area contributed by atoms with Crippen LogP contribution in [0.3, 0.4) is 0 Å². The van der Waals surface area contributed by atoms with Gasteiger partial charge < -0.3 is 15.8 Å². The normalized spacial score (nSPS) is 14.0. The first kappa shape index (κ1) is 20.9. The molecule has 2 rings (SSSR count). The Labute approximate surface area is 154 Å². The van der Waals surface area contributed by atoms with Gasteiger partial charge >= 0.3 is 0 Å². The minimum absolute atomic E-state index is 0. The molecule has 0 saturated heterocycles. The highest BCUT2D eigenvalue weighted by Gasteiger charge is 2.24. The van der Waals surface area contributed by atoms with E-state index in [1.165, 1.54) is 19.2 Å². The summed E-state index contributed by atoms with van der Waals surface area (Å²) in [5.41, 5.74) is 7.68. The van der Waals surface area contributed by atoms with Gasteiger partial charge in [-0.05, 0) is 30.7 Å². The zero-order valence-corrected chi connectivity index (χ0v) is 15.3. The first-order chi connectivity index (χ1) is 11.4. The van der Waals surface area contributed by atoms with E-state index in [1.54, 1.807) is 19.9 Å². The van der Waals surface area contributed by atoms with E-state index in [0.717, 1.165) is 5.56 Å². The van der Waals surface area contributed by atoms with Crippen LogP contribution in [0.5, 0.6) is 5.75 Å². The van der Waals surface area contributed by atoms with E-state index in [0.29, 0.717) is 11.3 Å². The van der Waals surface area contributed by atoms with Gasteiger partial charge in [0, 0.05) is 11.6 Å². The summed E-state index contributed by atoms with van der Waals surface area (Å²) in [4.78, 5) is 12.5. The van der Waals surface area contributed by atoms with E-state index in [1.807, 2.05) is 30.3 Å². The number of amides is 1. The van der Waals surface area contributed by atoms with Crippen LogP contribution in [0.2, 0.25) is 0 Å². The highest BCUT2D eigenvalue weighted by molar-refractivity contribution is 5.85. The molecule has 3 N–H and O–H groups in total. The number of hydrogen-bond donors (Lipinski definition) is 2. The number of nitrogens with two attached hydrogens (primary N) is 1. The second kappa shape index (κ2) is 9.39. The van der Waals surface area contributed by atoms with Crippen molar-refractivity contribution in [1.82, 2.24) is 5.32 Å². The van der Waals surface area contributed by atoms with Crippen LogP contribution in [0.4, 0.5) is 4.39 Å². The van der Waals surface area contributed by atoms with E-state index in [2.05, 4.69) is 5.32 Å². The predicted molar refractivity (Wildman–Crippen MR) is 99.3 cm³/mol. The zero-order chi connectivity index (χ0) is 17.7. The van der Waals surface area contributed by atoms with Gasteiger partial charge in [-0.15, -0.1) is 12.4 Å². The summed E-state index contributed by atoms with van der Waals surface area (Å²) in [6.07, 6.45) is 0. The molecule has 1 amide bonds. The van der Waals surface area contributed by atoms with E-state index >= 15 is 0 Å². The first-order valence-corrected chi connectivity index (χ1v) is 7.88. The lowest BCUT2D eigenvalue weighted by Gasteiger charge is -2.23. The average Bonchev–Trinajstić information content (AvgIpc) is 2.61. The summed E-state index contributed by atoms with van der Waals surface area (Å²) in [7, 11) is 1.51. The van der Waals surface area contributed by atoms with Crippen molar-refractivity contribution < 1.29 is 13.9 Å². The van der Waals surface area contributed by atoms with Crippen LogP contribution in [-0.2, 0) is 4.79 Å². The van der Waals surface area contributed by atoms with Crippen molar-refractivity contribution in [2.45, 2.75) is 25.9 Å². The molecular formula is C19H24ClFN2O2. The fraction of sp³-hybridized carbons (Fsp3) is 0.316. The molecule has 0 radical (unpaired) electrons. The zero-order valence-electron chi connectivity index (χ0n) is 14.5. The van der Waals surface area contributed by atoms with Crippen molar-refractivity contribution in [2.75, 3.05) is 7.11 Å². The lowest BCUT2D eigenvalue weighted by atomic mass is 9.94. The number of rotatable bonds is 6. The van der Waals surface area contributed by atoms with Gasteiger partial charge in [0.2, 0.25) is 5.91 Å². The number of methoxy groups -OCH3 is 1. The standard InChI is InChI=1S/C19H23FN2O2.ClH/c1-12(18(21)14-7-5-4-6-8-14)19(23)22-13(2)16-11-15(20)9-10-17(16)24-3;/h4-13,18H,21H2,1-3H3,(H,22,23);1H. The van der Waals surface area contributed by atoms with Crippen molar-refractivity contribution >= 4 is 18.3 Å². The van der Waals surface area contributed by atoms with Gasteiger partial charge in [0.25, 0.3) is 0 Å². The molecule has 0 heterocycles. The van der Waals surface area contributed by atoms with Crippen LogP contribution in [0.1, 0.15) is 37.1 Å². The largest absolute Gasteiger partial charge is 0.496 e. The van der Waals surface area contributed by atoms with E-state index in [9.17, 15) is 9.18 Å². The molecule has 25 heavy (non-hydrogen) atoms. The Morgan fingerprint density at radius 1 is 1.16 bits per heavy atom. The summed E-state index contributed by atoms with van der Waals surface area (Å²) in [6.45, 7) is 3.57. The lowest BCUT2D eigenvalue weighted by molar-refractivity contribution is -0.125. The van der Waals surface area contributed by atoms with Gasteiger partial charge in [-0.1, -0.05) is 37.3 Å². The Hall–Kier alpha value is -2.11. The van der Waals surface area contributed by atoms with Crippen LogP contribution < -0.4 is 15.8 Å². The second-order valence-electron chi connectivity index (χ2n) is 5.84. The summed E-state index contributed by atoms with van der Waals surface area (Å²) < 4.78 is 18.7. The predicted octanol–water partition coefficient (Wildman–Crippen LogP) is 3.77. The molecule has 0 bridgehead atoms. The van der Waals surface area contributed by atoms with Crippen LogP contribution in [0.15, 0.2) is 48.5 Å². The molecular weight excluding hydrogens is 343 g/mol. The molecule has 0 saturated carbocycles. The van der Waals surface area contributed by atoms with Crippen LogP contribution in [0, 0.1) is 11.7 Å². The minimum atomic E-state index is -0.422. The summed E-state index contributed by atoms with van der Waals surface area (Å²) in [5.74, 6) is -0.454. The Balaban J connectivity index is 0.00000312. The first-order valence-electron chi connectivity index (χ1n) is 7.88. The van der Waals surface area contributed by atoms with Gasteiger partial charge in [0.05, 0.1) is 19.1 Å². The Kier molecular flexibility index (Phi) is 7.87. The fourth-order valence-corrected chi connectivity index (χ4v) is 2.59. The summed E-state index contributed by atoms with van der Waals surface area (Å²) >= 11 is 0. The lowest BCUT2D eigenvalue weighted by Crippen LogP contribution is -2.37. The maximum atomic E-state index is 13.5. The van der Waals surface area contributed by atoms with Crippen LogP contribution >= 0.6 is 12.4 Å². The minimum Gasteiger partial charge on any atom is -0.496 e. The van der Waals surface area contributed by atoms with Crippen molar-refractivity contribution in [3.63, 3.8) is 0 Å².